The number of carbonyl (C=O) groups is 2. The van der Waals surface area contributed by atoms with Crippen molar-refractivity contribution in [3.8, 4) is 0 Å². The molecule has 0 heterocycles. The van der Waals surface area contributed by atoms with Crippen molar-refractivity contribution < 1.29 is 14.7 Å². The smallest absolute Gasteiger partial charge is 0.336 e. The average molecular weight is 185 g/mol. The predicted molar refractivity (Wildman–Crippen MR) is 43.6 cm³/mol. The van der Waals surface area contributed by atoms with E-state index in [1.807, 2.05) is 0 Å². The zero-order chi connectivity index (χ0) is 9.14. The van der Waals surface area contributed by atoms with Gasteiger partial charge in [0.1, 0.15) is 0 Å². The van der Waals surface area contributed by atoms with Crippen molar-refractivity contribution in [3.63, 3.8) is 0 Å². The molecule has 1 aromatic carbocycles. The molecule has 0 aliphatic carbocycles. The highest BCUT2D eigenvalue weighted by Gasteiger charge is 2.12. The summed E-state index contributed by atoms with van der Waals surface area (Å²) in [4.78, 5) is 21.2. The van der Waals surface area contributed by atoms with Gasteiger partial charge in [-0.2, -0.15) is 0 Å². The van der Waals surface area contributed by atoms with Gasteiger partial charge in [-0.15, -0.1) is 0 Å². The molecule has 0 saturated carbocycles. The van der Waals surface area contributed by atoms with E-state index in [-0.39, 0.29) is 11.1 Å². The van der Waals surface area contributed by atoms with Crippen LogP contribution in [-0.2, 0) is 0 Å². The zero-order valence-corrected chi connectivity index (χ0v) is 6.71. The van der Waals surface area contributed by atoms with E-state index in [1.54, 1.807) is 6.07 Å². The number of hydrogen-bond acceptors (Lipinski definition) is 2. The first-order valence-corrected chi connectivity index (χ1v) is 3.53. The molecule has 0 spiro atoms. The Bertz CT molecular complexity index is 300. The summed E-state index contributed by atoms with van der Waals surface area (Å²) in [7, 11) is 0. The summed E-state index contributed by atoms with van der Waals surface area (Å²) in [6.07, 6.45) is 0. The lowest BCUT2D eigenvalue weighted by Crippen LogP contribution is -2.03. The summed E-state index contributed by atoms with van der Waals surface area (Å²) in [6, 6.07) is 5.80. The molecule has 62 valence electrons. The lowest BCUT2D eigenvalue weighted by Gasteiger charge is -1.98. The molecule has 0 radical (unpaired) electrons. The quantitative estimate of drug-likeness (QED) is 0.713. The molecule has 0 saturated heterocycles. The van der Waals surface area contributed by atoms with Crippen LogP contribution < -0.4 is 0 Å². The maximum Gasteiger partial charge on any atom is 0.336 e. The Labute approximate surface area is 73.6 Å². The number of hydrogen-bond donors (Lipinski definition) is 1. The molecule has 1 N–H and O–H groups in total. The second-order valence-electron chi connectivity index (χ2n) is 2.12. The van der Waals surface area contributed by atoms with Gasteiger partial charge in [-0.3, -0.25) is 4.79 Å². The molecule has 4 heteroatoms. The van der Waals surface area contributed by atoms with Crippen molar-refractivity contribution in [1.29, 1.82) is 0 Å². The summed E-state index contributed by atoms with van der Waals surface area (Å²) in [5.74, 6) is -1.15. The Morgan fingerprint density at radius 2 is 1.67 bits per heavy atom. The van der Waals surface area contributed by atoms with E-state index in [1.165, 1.54) is 18.2 Å². The van der Waals surface area contributed by atoms with Gasteiger partial charge in [-0.25, -0.2) is 4.79 Å². The fraction of sp³-hybridized carbons (Fsp3) is 0. The highest BCUT2D eigenvalue weighted by molar-refractivity contribution is 6.68. The first kappa shape index (κ1) is 8.74. The van der Waals surface area contributed by atoms with Crippen molar-refractivity contribution >= 4 is 22.8 Å². The molecule has 0 atom stereocenters. The lowest BCUT2D eigenvalue weighted by atomic mass is 10.1. The van der Waals surface area contributed by atoms with Crippen molar-refractivity contribution in [1.82, 2.24) is 0 Å². The van der Waals surface area contributed by atoms with Crippen LogP contribution in [0.25, 0.3) is 0 Å². The number of halogens is 1. The number of benzene rings is 1. The van der Waals surface area contributed by atoms with Crippen molar-refractivity contribution in [2.45, 2.75) is 0 Å². The molecule has 0 aliphatic rings. The maximum absolute atomic E-state index is 10.7. The number of rotatable bonds is 2. The SMILES string of the molecule is O=C(O)c1ccccc1C(=O)Cl. The molecule has 1 rings (SSSR count). The Morgan fingerprint density at radius 3 is 2.00 bits per heavy atom. The van der Waals surface area contributed by atoms with Gasteiger partial charge in [-0.1, -0.05) is 12.1 Å². The van der Waals surface area contributed by atoms with E-state index in [0.29, 0.717) is 0 Å². The van der Waals surface area contributed by atoms with Crippen molar-refractivity contribution in [2.24, 2.45) is 0 Å². The molecule has 0 amide bonds. The fourth-order valence-corrected chi connectivity index (χ4v) is 1.01. The van der Waals surface area contributed by atoms with Crippen LogP contribution in [0.1, 0.15) is 20.7 Å². The molecule has 0 aliphatic heterocycles. The maximum atomic E-state index is 10.7. The molecule has 3 nitrogen and oxygen atoms in total. The first-order chi connectivity index (χ1) is 5.63. The van der Waals surface area contributed by atoms with Gasteiger partial charge in [-0.05, 0) is 23.7 Å². The van der Waals surface area contributed by atoms with Gasteiger partial charge in [0.05, 0.1) is 5.56 Å². The largest absolute Gasteiger partial charge is 0.478 e. The molecule has 0 aromatic heterocycles. The molecule has 0 bridgehead atoms. The molecular weight excluding hydrogens is 180 g/mol. The minimum absolute atomic E-state index is 0.0201. The van der Waals surface area contributed by atoms with Crippen LogP contribution in [0.4, 0.5) is 0 Å². The van der Waals surface area contributed by atoms with Crippen LogP contribution in [0.3, 0.4) is 0 Å². The van der Waals surface area contributed by atoms with Crippen LogP contribution in [0.5, 0.6) is 0 Å². The highest BCUT2D eigenvalue weighted by atomic mass is 35.5. The minimum atomic E-state index is -1.15. The lowest BCUT2D eigenvalue weighted by molar-refractivity contribution is 0.0693. The van der Waals surface area contributed by atoms with Gasteiger partial charge in [0, 0.05) is 5.56 Å². The van der Waals surface area contributed by atoms with Crippen LogP contribution >= 0.6 is 11.6 Å². The molecule has 12 heavy (non-hydrogen) atoms. The summed E-state index contributed by atoms with van der Waals surface area (Å²) in [6.45, 7) is 0. The third-order valence-corrected chi connectivity index (χ3v) is 1.57. The average Bonchev–Trinajstić information content (AvgIpc) is 2.04. The summed E-state index contributed by atoms with van der Waals surface area (Å²) < 4.78 is 0. The Hall–Kier alpha value is -1.35. The summed E-state index contributed by atoms with van der Waals surface area (Å²) >= 11 is 5.15. The van der Waals surface area contributed by atoms with Crippen LogP contribution in [0.15, 0.2) is 24.3 Å². The summed E-state index contributed by atoms with van der Waals surface area (Å²) in [5.41, 5.74) is -0.0517. The van der Waals surface area contributed by atoms with E-state index < -0.39 is 11.2 Å². The Morgan fingerprint density at radius 1 is 1.17 bits per heavy atom. The first-order valence-electron chi connectivity index (χ1n) is 3.15. The van der Waals surface area contributed by atoms with Gasteiger partial charge in [0.15, 0.2) is 0 Å². The van der Waals surface area contributed by atoms with Crippen LogP contribution in [-0.4, -0.2) is 16.3 Å². The van der Waals surface area contributed by atoms with Gasteiger partial charge in [0.2, 0.25) is 0 Å². The normalized spacial score (nSPS) is 9.42. The molecular formula is C8H5ClO3. The highest BCUT2D eigenvalue weighted by Crippen LogP contribution is 2.10. The Balaban J connectivity index is 3.27. The standard InChI is InChI=1S/C8H5ClO3/c9-7(10)5-3-1-2-4-6(5)8(11)12/h1-4H,(H,11,12). The van der Waals surface area contributed by atoms with E-state index in [0.717, 1.165) is 0 Å². The zero-order valence-electron chi connectivity index (χ0n) is 5.95. The van der Waals surface area contributed by atoms with Gasteiger partial charge >= 0.3 is 5.97 Å². The monoisotopic (exact) mass is 184 g/mol. The summed E-state index contributed by atoms with van der Waals surface area (Å²) in [5, 5.41) is 7.85. The van der Waals surface area contributed by atoms with Gasteiger partial charge < -0.3 is 5.11 Å². The van der Waals surface area contributed by atoms with E-state index in [4.69, 9.17) is 16.7 Å². The van der Waals surface area contributed by atoms with E-state index >= 15 is 0 Å². The predicted octanol–water partition coefficient (Wildman–Crippen LogP) is 1.76. The van der Waals surface area contributed by atoms with Crippen molar-refractivity contribution in [3.05, 3.63) is 35.4 Å². The third kappa shape index (κ3) is 1.62. The number of carboxylic acids is 1. The van der Waals surface area contributed by atoms with Crippen molar-refractivity contribution in [2.75, 3.05) is 0 Å². The molecule has 1 aromatic rings. The fourth-order valence-electron chi connectivity index (χ4n) is 0.841. The van der Waals surface area contributed by atoms with Crippen LogP contribution in [0.2, 0.25) is 0 Å². The van der Waals surface area contributed by atoms with E-state index in [9.17, 15) is 9.59 Å². The third-order valence-electron chi connectivity index (χ3n) is 1.37. The van der Waals surface area contributed by atoms with Gasteiger partial charge in [0.25, 0.3) is 5.24 Å². The van der Waals surface area contributed by atoms with Crippen LogP contribution in [0, 0.1) is 0 Å². The Kier molecular flexibility index (Phi) is 2.45. The second kappa shape index (κ2) is 3.36. The minimum Gasteiger partial charge on any atom is -0.478 e. The van der Waals surface area contributed by atoms with E-state index in [2.05, 4.69) is 0 Å². The molecule has 0 unspecified atom stereocenters. The molecule has 0 fully saturated rings. The second-order valence-corrected chi connectivity index (χ2v) is 2.47. The number of carbonyl (C=O) groups excluding carboxylic acids is 1. The number of carboxylic acid groups (broad SMARTS) is 1. The topological polar surface area (TPSA) is 54.4 Å². The number of aromatic carboxylic acids is 1.